The van der Waals surface area contributed by atoms with Crippen LogP contribution < -0.4 is 0 Å². The fraction of sp³-hybridized carbons (Fsp3) is 0.714. The van der Waals surface area contributed by atoms with Gasteiger partial charge in [-0.1, -0.05) is 46.3 Å². The number of ether oxygens (including phenoxy) is 2. The van der Waals surface area contributed by atoms with Gasteiger partial charge in [-0.05, 0) is 49.7 Å². The Balaban J connectivity index is 1.80. The second-order valence-corrected chi connectivity index (χ2v) is 12.0. The van der Waals surface area contributed by atoms with E-state index in [4.69, 9.17) is 21.1 Å². The lowest BCUT2D eigenvalue weighted by molar-refractivity contribution is -0.203. The Labute approximate surface area is 217 Å². The van der Waals surface area contributed by atoms with Crippen molar-refractivity contribution < 1.29 is 33.8 Å². The van der Waals surface area contributed by atoms with E-state index in [1.807, 2.05) is 26.8 Å². The standard InChI is InChI=1S/C28H37ClO7/c1-6-23(33)35-15-22(32)28(36-24(34)7-2)16(3)12-20-19-9-8-17-13-18(30)10-11-25(17,4)27(19,29)21(31)14-26(20,28)5/h10-11,13,16,19-21,31H,6-9,12,14-15H2,1-5H3/t16?,19?,20?,21?,25?,26?,27?,28-/m0/s1. The molecule has 36 heavy (non-hydrogen) atoms. The van der Waals surface area contributed by atoms with E-state index in [0.29, 0.717) is 19.3 Å². The van der Waals surface area contributed by atoms with E-state index in [9.17, 15) is 24.3 Å². The van der Waals surface area contributed by atoms with E-state index in [1.165, 1.54) is 6.08 Å². The largest absolute Gasteiger partial charge is 0.457 e. The number of carbonyl (C=O) groups excluding carboxylic acids is 4. The molecule has 0 aromatic carbocycles. The highest BCUT2D eigenvalue weighted by Gasteiger charge is 2.76. The number of rotatable bonds is 6. The predicted molar refractivity (Wildman–Crippen MR) is 133 cm³/mol. The first-order valence-corrected chi connectivity index (χ1v) is 13.4. The average molecular weight is 521 g/mol. The Morgan fingerprint density at radius 3 is 2.44 bits per heavy atom. The molecule has 0 saturated heterocycles. The number of allylic oxidation sites excluding steroid dienone is 4. The first-order chi connectivity index (χ1) is 16.8. The monoisotopic (exact) mass is 520 g/mol. The number of alkyl halides is 1. The van der Waals surface area contributed by atoms with Crippen LogP contribution in [-0.4, -0.2) is 51.8 Å². The van der Waals surface area contributed by atoms with Gasteiger partial charge < -0.3 is 14.6 Å². The minimum Gasteiger partial charge on any atom is -0.457 e. The molecule has 4 aliphatic rings. The molecule has 3 fully saturated rings. The number of aliphatic hydroxyl groups excluding tert-OH is 1. The van der Waals surface area contributed by atoms with E-state index < -0.39 is 51.7 Å². The smallest absolute Gasteiger partial charge is 0.306 e. The third-order valence-electron chi connectivity index (χ3n) is 9.81. The van der Waals surface area contributed by atoms with Crippen molar-refractivity contribution in [1.29, 1.82) is 0 Å². The normalized spacial score (nSPS) is 43.1. The van der Waals surface area contributed by atoms with Crippen LogP contribution in [0, 0.1) is 28.6 Å². The molecule has 8 heteroatoms. The van der Waals surface area contributed by atoms with Gasteiger partial charge in [0.25, 0.3) is 0 Å². The first kappa shape index (κ1) is 27.1. The molecule has 0 aromatic rings. The van der Waals surface area contributed by atoms with Crippen LogP contribution >= 0.6 is 11.6 Å². The molecule has 198 valence electrons. The van der Waals surface area contributed by atoms with Crippen LogP contribution in [0.5, 0.6) is 0 Å². The Kier molecular flexibility index (Phi) is 6.83. The topological polar surface area (TPSA) is 107 Å². The molecule has 0 spiro atoms. The van der Waals surface area contributed by atoms with Gasteiger partial charge in [-0.15, -0.1) is 11.6 Å². The van der Waals surface area contributed by atoms with Gasteiger partial charge in [0.1, 0.15) is 0 Å². The van der Waals surface area contributed by atoms with Gasteiger partial charge in [-0.25, -0.2) is 0 Å². The highest BCUT2D eigenvalue weighted by Crippen LogP contribution is 2.72. The molecule has 0 radical (unpaired) electrons. The van der Waals surface area contributed by atoms with E-state index in [2.05, 4.69) is 0 Å². The molecule has 0 amide bonds. The number of fused-ring (bicyclic) bond motifs is 5. The minimum atomic E-state index is -1.55. The third kappa shape index (κ3) is 3.48. The number of ketones is 2. The molecule has 4 rings (SSSR count). The summed E-state index contributed by atoms with van der Waals surface area (Å²) in [6, 6.07) is 0. The lowest BCUT2D eigenvalue weighted by Gasteiger charge is -2.64. The van der Waals surface area contributed by atoms with Crippen molar-refractivity contribution in [1.82, 2.24) is 0 Å². The summed E-state index contributed by atoms with van der Waals surface area (Å²) in [6.07, 6.45) is 6.18. The number of Topliss-reactive ketones (excluding diaryl/α,β-unsaturated/α-hetero) is 1. The summed E-state index contributed by atoms with van der Waals surface area (Å²) in [4.78, 5) is 49.5. The quantitative estimate of drug-likeness (QED) is 0.415. The molecule has 8 atom stereocenters. The maximum Gasteiger partial charge on any atom is 0.306 e. The molecular formula is C28H37ClO7. The zero-order valence-corrected chi connectivity index (χ0v) is 22.5. The summed E-state index contributed by atoms with van der Waals surface area (Å²) in [5.74, 6) is -2.24. The van der Waals surface area contributed by atoms with Gasteiger partial charge in [0.2, 0.25) is 5.78 Å². The van der Waals surface area contributed by atoms with Crippen LogP contribution in [0.1, 0.15) is 73.1 Å². The van der Waals surface area contributed by atoms with Crippen molar-refractivity contribution in [3.63, 3.8) is 0 Å². The Hall–Kier alpha value is -1.99. The molecule has 0 aromatic heterocycles. The van der Waals surface area contributed by atoms with Gasteiger partial charge in [0.15, 0.2) is 18.0 Å². The Bertz CT molecular complexity index is 1050. The number of aliphatic hydroxyl groups is 1. The highest BCUT2D eigenvalue weighted by atomic mass is 35.5. The third-order valence-corrected chi connectivity index (χ3v) is 10.7. The van der Waals surface area contributed by atoms with Crippen molar-refractivity contribution in [3.05, 3.63) is 23.8 Å². The van der Waals surface area contributed by atoms with Crippen LogP contribution in [0.15, 0.2) is 23.8 Å². The molecule has 0 heterocycles. The summed E-state index contributed by atoms with van der Waals surface area (Å²) in [5, 5.41) is 11.8. The fourth-order valence-electron chi connectivity index (χ4n) is 8.01. The zero-order chi connectivity index (χ0) is 26.7. The highest BCUT2D eigenvalue weighted by molar-refractivity contribution is 6.26. The lowest BCUT2D eigenvalue weighted by atomic mass is 9.45. The summed E-state index contributed by atoms with van der Waals surface area (Å²) in [7, 11) is 0. The number of hydrogen-bond donors (Lipinski definition) is 1. The number of carbonyl (C=O) groups is 4. The van der Waals surface area contributed by atoms with Gasteiger partial charge in [0.05, 0.1) is 11.0 Å². The first-order valence-electron chi connectivity index (χ1n) is 13.0. The molecule has 7 nitrogen and oxygen atoms in total. The summed E-state index contributed by atoms with van der Waals surface area (Å²) >= 11 is 7.48. The second kappa shape index (κ2) is 9.09. The van der Waals surface area contributed by atoms with Gasteiger partial charge >= 0.3 is 11.9 Å². The SMILES string of the molecule is CCC(=O)OCC(=O)[C@@]1(OC(=O)CC)C(C)CC2C3CCC4=CC(=O)C=CC4(C)C3(Cl)C(O)CC21C. The predicted octanol–water partition coefficient (Wildman–Crippen LogP) is 4.09. The fourth-order valence-corrected chi connectivity index (χ4v) is 8.53. The summed E-state index contributed by atoms with van der Waals surface area (Å²) in [6.45, 7) is 8.61. The maximum absolute atomic E-state index is 13.9. The van der Waals surface area contributed by atoms with Crippen LogP contribution in [-0.2, 0) is 28.7 Å². The average Bonchev–Trinajstić information content (AvgIpc) is 3.05. The van der Waals surface area contributed by atoms with Crippen LogP contribution in [0.2, 0.25) is 0 Å². The number of hydrogen-bond acceptors (Lipinski definition) is 7. The van der Waals surface area contributed by atoms with Crippen LogP contribution in [0.25, 0.3) is 0 Å². The van der Waals surface area contributed by atoms with Crippen LogP contribution in [0.4, 0.5) is 0 Å². The van der Waals surface area contributed by atoms with Gasteiger partial charge in [-0.2, -0.15) is 0 Å². The number of esters is 2. The lowest BCUT2D eigenvalue weighted by Crippen LogP contribution is -2.69. The Morgan fingerprint density at radius 2 is 1.81 bits per heavy atom. The van der Waals surface area contributed by atoms with E-state index in [0.717, 1.165) is 5.57 Å². The summed E-state index contributed by atoms with van der Waals surface area (Å²) in [5.41, 5.74) is -2.27. The van der Waals surface area contributed by atoms with Crippen molar-refractivity contribution in [2.24, 2.45) is 28.6 Å². The number of halogens is 1. The van der Waals surface area contributed by atoms with Gasteiger partial charge in [-0.3, -0.25) is 19.2 Å². The van der Waals surface area contributed by atoms with E-state index in [1.54, 1.807) is 19.9 Å². The Morgan fingerprint density at radius 1 is 1.14 bits per heavy atom. The zero-order valence-electron chi connectivity index (χ0n) is 21.8. The van der Waals surface area contributed by atoms with Crippen molar-refractivity contribution in [2.75, 3.05) is 6.61 Å². The van der Waals surface area contributed by atoms with Crippen molar-refractivity contribution >= 4 is 35.1 Å². The molecule has 1 N–H and O–H groups in total. The second-order valence-electron chi connectivity index (χ2n) is 11.4. The van der Waals surface area contributed by atoms with E-state index >= 15 is 0 Å². The molecule has 7 unspecified atom stereocenters. The maximum atomic E-state index is 13.9. The van der Waals surface area contributed by atoms with E-state index in [-0.39, 0.29) is 42.8 Å². The van der Waals surface area contributed by atoms with Crippen LogP contribution in [0.3, 0.4) is 0 Å². The summed E-state index contributed by atoms with van der Waals surface area (Å²) < 4.78 is 11.3. The minimum absolute atomic E-state index is 0.0801. The molecule has 0 aliphatic heterocycles. The molecule has 3 saturated carbocycles. The molecular weight excluding hydrogens is 484 g/mol. The van der Waals surface area contributed by atoms with Gasteiger partial charge in [0, 0.05) is 29.6 Å². The molecule has 0 bridgehead atoms. The molecule has 4 aliphatic carbocycles. The van der Waals surface area contributed by atoms with Crippen molar-refractivity contribution in [3.8, 4) is 0 Å². The van der Waals surface area contributed by atoms with Crippen molar-refractivity contribution in [2.45, 2.75) is 89.7 Å².